The number of hydrogen-bond acceptors (Lipinski definition) is 6. The van der Waals surface area contributed by atoms with Crippen LogP contribution < -0.4 is 10.0 Å². The average molecular weight is 665 g/mol. The van der Waals surface area contributed by atoms with Crippen molar-refractivity contribution in [3.8, 4) is 0 Å². The van der Waals surface area contributed by atoms with Gasteiger partial charge in [0.2, 0.25) is 21.8 Å². The number of fused-ring (bicyclic) bond motifs is 1. The summed E-state index contributed by atoms with van der Waals surface area (Å²) in [6, 6.07) is 20.2. The number of nitrogens with one attached hydrogen (secondary N) is 2. The lowest BCUT2D eigenvalue weighted by molar-refractivity contribution is -0.141. The van der Waals surface area contributed by atoms with E-state index in [9.17, 15) is 22.8 Å². The minimum Gasteiger partial charge on any atom is -0.444 e. The van der Waals surface area contributed by atoms with Crippen LogP contribution in [0.25, 0.3) is 10.8 Å². The number of alkyl carbamates (subject to hydrolysis) is 1. The highest BCUT2D eigenvalue weighted by atomic mass is 32.2. The van der Waals surface area contributed by atoms with Crippen LogP contribution in [0.3, 0.4) is 0 Å². The van der Waals surface area contributed by atoms with Gasteiger partial charge in [-0.2, -0.15) is 0 Å². The van der Waals surface area contributed by atoms with Crippen molar-refractivity contribution in [1.82, 2.24) is 15.1 Å². The van der Waals surface area contributed by atoms with Crippen molar-refractivity contribution in [2.45, 2.75) is 71.1 Å². The highest BCUT2D eigenvalue weighted by Crippen LogP contribution is 2.21. The van der Waals surface area contributed by atoms with E-state index in [1.807, 2.05) is 68.4 Å². The van der Waals surface area contributed by atoms with Crippen molar-refractivity contribution >= 4 is 44.4 Å². The van der Waals surface area contributed by atoms with Crippen LogP contribution in [0.5, 0.6) is 0 Å². The molecule has 10 nitrogen and oxygen atoms in total. The van der Waals surface area contributed by atoms with Crippen molar-refractivity contribution < 1.29 is 27.5 Å². The summed E-state index contributed by atoms with van der Waals surface area (Å²) in [4.78, 5) is 42.8. The van der Waals surface area contributed by atoms with Crippen LogP contribution in [0.2, 0.25) is 0 Å². The molecule has 0 spiro atoms. The Bertz CT molecular complexity index is 1710. The number of benzene rings is 3. The van der Waals surface area contributed by atoms with E-state index in [1.54, 1.807) is 58.0 Å². The first kappa shape index (κ1) is 37.1. The highest BCUT2D eigenvalue weighted by molar-refractivity contribution is 7.92. The number of anilines is 1. The molecule has 47 heavy (non-hydrogen) atoms. The summed E-state index contributed by atoms with van der Waals surface area (Å²) >= 11 is 0. The Labute approximate surface area is 279 Å². The molecule has 0 saturated heterocycles. The van der Waals surface area contributed by atoms with E-state index in [0.717, 1.165) is 28.2 Å². The monoisotopic (exact) mass is 664 g/mol. The summed E-state index contributed by atoms with van der Waals surface area (Å²) in [5.74, 6) is -0.601. The number of nitrogens with zero attached hydrogens (tertiary/aromatic N) is 2. The molecule has 3 aromatic rings. The van der Waals surface area contributed by atoms with Crippen LogP contribution in [-0.2, 0) is 37.2 Å². The van der Waals surface area contributed by atoms with Gasteiger partial charge in [0, 0.05) is 32.6 Å². The maximum atomic E-state index is 14.0. The predicted octanol–water partition coefficient (Wildman–Crippen LogP) is 5.53. The summed E-state index contributed by atoms with van der Waals surface area (Å²) in [6.45, 7) is 9.33. The lowest BCUT2D eigenvalue weighted by Crippen LogP contribution is -2.49. The third-order valence-electron chi connectivity index (χ3n) is 7.48. The summed E-state index contributed by atoms with van der Waals surface area (Å²) in [5.41, 5.74) is 0.805. The molecule has 3 rings (SSSR count). The largest absolute Gasteiger partial charge is 0.444 e. The minimum absolute atomic E-state index is 0.247. The third-order valence-corrected chi connectivity index (χ3v) is 8.07. The average Bonchev–Trinajstić information content (AvgIpc) is 2.96. The molecular weight excluding hydrogens is 616 g/mol. The molecule has 0 bridgehead atoms. The Morgan fingerprint density at radius 2 is 1.55 bits per heavy atom. The van der Waals surface area contributed by atoms with E-state index in [4.69, 9.17) is 4.74 Å². The summed E-state index contributed by atoms with van der Waals surface area (Å²) < 4.78 is 31.6. The predicted molar refractivity (Wildman–Crippen MR) is 188 cm³/mol. The number of carbonyl (C=O) groups is 3. The van der Waals surface area contributed by atoms with E-state index in [2.05, 4.69) is 10.0 Å². The number of hydrogen-bond donors (Lipinski definition) is 2. The van der Waals surface area contributed by atoms with Crippen LogP contribution >= 0.6 is 0 Å². The molecule has 2 N–H and O–H groups in total. The fourth-order valence-electron chi connectivity index (χ4n) is 5.03. The topological polar surface area (TPSA) is 125 Å². The molecule has 0 unspecified atom stereocenters. The van der Waals surface area contributed by atoms with Gasteiger partial charge in [0.05, 0.1) is 11.9 Å². The Hall–Kier alpha value is -4.38. The number of para-hydroxylation sites is 1. The molecule has 3 amide bonds. The lowest BCUT2D eigenvalue weighted by Gasteiger charge is -2.31. The van der Waals surface area contributed by atoms with Crippen molar-refractivity contribution in [2.24, 2.45) is 0 Å². The smallest absolute Gasteiger partial charge is 0.408 e. The molecule has 0 aromatic heterocycles. The zero-order valence-corrected chi connectivity index (χ0v) is 29.5. The molecule has 0 aliphatic heterocycles. The first-order valence-corrected chi connectivity index (χ1v) is 17.5. The van der Waals surface area contributed by atoms with Crippen LogP contribution in [0, 0.1) is 0 Å². The Morgan fingerprint density at radius 3 is 2.21 bits per heavy atom. The number of likely N-dealkylation sites (N-methyl/N-ethyl adjacent to an activating group) is 2. The van der Waals surface area contributed by atoms with Gasteiger partial charge in [0.25, 0.3) is 0 Å². The molecule has 3 aromatic carbocycles. The second kappa shape index (κ2) is 15.5. The van der Waals surface area contributed by atoms with E-state index in [1.165, 1.54) is 11.0 Å². The Balaban J connectivity index is 1.79. The maximum absolute atomic E-state index is 14.0. The minimum atomic E-state index is -3.48. The van der Waals surface area contributed by atoms with Gasteiger partial charge in [-0.25, -0.2) is 13.2 Å². The van der Waals surface area contributed by atoms with Gasteiger partial charge >= 0.3 is 6.09 Å². The van der Waals surface area contributed by atoms with Gasteiger partial charge in [0.1, 0.15) is 11.6 Å². The van der Waals surface area contributed by atoms with Crippen LogP contribution in [-0.4, -0.2) is 80.2 Å². The third kappa shape index (κ3) is 12.1. The van der Waals surface area contributed by atoms with Gasteiger partial charge in [-0.1, -0.05) is 66.7 Å². The van der Waals surface area contributed by atoms with Crippen molar-refractivity contribution in [2.75, 3.05) is 31.6 Å². The Morgan fingerprint density at radius 1 is 0.915 bits per heavy atom. The fourth-order valence-corrected chi connectivity index (χ4v) is 5.62. The summed E-state index contributed by atoms with van der Waals surface area (Å²) in [6.07, 6.45) is 4.71. The number of ether oxygens (including phenoxy) is 1. The van der Waals surface area contributed by atoms with Gasteiger partial charge < -0.3 is 19.9 Å². The van der Waals surface area contributed by atoms with E-state index >= 15 is 0 Å². The second-order valence-electron chi connectivity index (χ2n) is 13.5. The lowest BCUT2D eigenvalue weighted by atomic mass is 9.99. The van der Waals surface area contributed by atoms with Gasteiger partial charge in [-0.05, 0) is 81.5 Å². The quantitative estimate of drug-likeness (QED) is 0.232. The van der Waals surface area contributed by atoms with Crippen molar-refractivity contribution in [3.05, 3.63) is 90.0 Å². The number of rotatable bonds is 13. The summed E-state index contributed by atoms with van der Waals surface area (Å²) in [5, 5.41) is 4.94. The number of sulfonamides is 1. The van der Waals surface area contributed by atoms with E-state index in [0.29, 0.717) is 31.5 Å². The van der Waals surface area contributed by atoms with E-state index < -0.39 is 33.3 Å². The van der Waals surface area contributed by atoms with Crippen LogP contribution in [0.15, 0.2) is 78.9 Å². The zero-order chi connectivity index (χ0) is 35.0. The number of amides is 3. The summed E-state index contributed by atoms with van der Waals surface area (Å²) in [7, 11) is -0.185. The first-order chi connectivity index (χ1) is 21.8. The van der Waals surface area contributed by atoms with E-state index in [-0.39, 0.29) is 11.8 Å². The number of carbonyl (C=O) groups excluding carboxylic acids is 3. The second-order valence-corrected chi connectivity index (χ2v) is 15.3. The van der Waals surface area contributed by atoms with Crippen LogP contribution in [0.1, 0.15) is 52.2 Å². The molecule has 1 atom stereocenters. The standard InChI is InChI=1S/C36H48N4O6S/c1-35(2,3)46-34(43)37-36(4,5)22-13-18-32(41)40(7)31(25-26-19-20-27-14-9-10-16-29(27)24-26)33(42)39(6)23-21-28-15-11-12-17-30(28)38-47(8,44)45/h9-20,24,31,38H,21-23,25H2,1-8H3,(H,37,43)/t31-/m1/s1. The normalized spacial score (nSPS) is 12.9. The first-order valence-electron chi connectivity index (χ1n) is 15.6. The van der Waals surface area contributed by atoms with Gasteiger partial charge in [0.15, 0.2) is 0 Å². The molecule has 254 valence electrons. The van der Waals surface area contributed by atoms with Gasteiger partial charge in [-0.15, -0.1) is 0 Å². The molecular formula is C36H48N4O6S. The molecule has 0 aliphatic carbocycles. The molecule has 0 heterocycles. The molecule has 11 heteroatoms. The van der Waals surface area contributed by atoms with Crippen molar-refractivity contribution in [3.63, 3.8) is 0 Å². The fraction of sp³-hybridized carbons (Fsp3) is 0.417. The molecule has 0 fully saturated rings. The Kier molecular flexibility index (Phi) is 12.2. The van der Waals surface area contributed by atoms with Gasteiger partial charge in [-0.3, -0.25) is 14.3 Å². The molecule has 0 saturated carbocycles. The maximum Gasteiger partial charge on any atom is 0.408 e. The SMILES string of the molecule is CN(CCc1ccccc1NS(C)(=O)=O)C(=O)[C@@H](Cc1ccc2ccccc2c1)N(C)C(=O)C=CCC(C)(C)NC(=O)OC(C)(C)C. The molecule has 0 radical (unpaired) electrons. The zero-order valence-electron chi connectivity index (χ0n) is 28.7. The van der Waals surface area contributed by atoms with Crippen molar-refractivity contribution in [1.29, 1.82) is 0 Å². The highest BCUT2D eigenvalue weighted by Gasteiger charge is 2.29. The van der Waals surface area contributed by atoms with Crippen LogP contribution in [0.4, 0.5) is 10.5 Å². The molecule has 0 aliphatic rings.